The lowest BCUT2D eigenvalue weighted by molar-refractivity contribution is 0.964. The van der Waals surface area contributed by atoms with Gasteiger partial charge in [-0.15, -0.1) is 5.10 Å². The number of anilines is 3. The second kappa shape index (κ2) is 7.20. The number of para-hydroxylation sites is 1. The summed E-state index contributed by atoms with van der Waals surface area (Å²) in [5.74, 6) is 0.956. The first-order valence-electron chi connectivity index (χ1n) is 7.50. The van der Waals surface area contributed by atoms with Crippen molar-refractivity contribution in [1.82, 2.24) is 15.2 Å². The van der Waals surface area contributed by atoms with Crippen LogP contribution in [0.5, 0.6) is 0 Å². The molecule has 2 aromatic carbocycles. The van der Waals surface area contributed by atoms with Gasteiger partial charge in [0, 0.05) is 6.54 Å². The number of benzene rings is 2. The minimum atomic E-state index is 0.340. The summed E-state index contributed by atoms with van der Waals surface area (Å²) < 4.78 is 0. The Morgan fingerprint density at radius 3 is 2.71 bits per heavy atom. The number of rotatable bonds is 5. The van der Waals surface area contributed by atoms with Crippen molar-refractivity contribution in [1.29, 1.82) is 5.26 Å². The van der Waals surface area contributed by atoms with E-state index in [9.17, 15) is 0 Å². The van der Waals surface area contributed by atoms with E-state index in [-0.39, 0.29) is 0 Å². The molecule has 6 nitrogen and oxygen atoms in total. The minimum Gasteiger partial charge on any atom is -0.365 e. The van der Waals surface area contributed by atoms with Crippen LogP contribution in [0, 0.1) is 18.3 Å². The highest BCUT2D eigenvalue weighted by molar-refractivity contribution is 5.63. The van der Waals surface area contributed by atoms with Crippen LogP contribution in [-0.4, -0.2) is 15.2 Å². The number of nitrogens with zero attached hydrogens (tertiary/aromatic N) is 4. The highest BCUT2D eigenvalue weighted by Crippen LogP contribution is 2.18. The van der Waals surface area contributed by atoms with Gasteiger partial charge in [0.2, 0.25) is 5.95 Å². The Morgan fingerprint density at radius 1 is 1.08 bits per heavy atom. The van der Waals surface area contributed by atoms with Gasteiger partial charge in [-0.3, -0.25) is 0 Å². The second-order valence-electron chi connectivity index (χ2n) is 5.23. The molecule has 0 unspecified atom stereocenters. The Morgan fingerprint density at radius 2 is 1.88 bits per heavy atom. The zero-order valence-corrected chi connectivity index (χ0v) is 13.2. The molecule has 0 spiro atoms. The van der Waals surface area contributed by atoms with Crippen molar-refractivity contribution < 1.29 is 0 Å². The first-order valence-corrected chi connectivity index (χ1v) is 7.50. The van der Waals surface area contributed by atoms with Gasteiger partial charge >= 0.3 is 0 Å². The van der Waals surface area contributed by atoms with Crippen molar-refractivity contribution in [2.45, 2.75) is 13.5 Å². The fourth-order valence-corrected chi connectivity index (χ4v) is 2.25. The molecule has 0 aliphatic rings. The molecule has 3 rings (SSSR count). The quantitative estimate of drug-likeness (QED) is 0.750. The fourth-order valence-electron chi connectivity index (χ4n) is 2.25. The molecule has 1 heterocycles. The lowest BCUT2D eigenvalue weighted by Gasteiger charge is -2.09. The fraction of sp³-hybridized carbons (Fsp3) is 0.111. The van der Waals surface area contributed by atoms with Crippen LogP contribution in [0.3, 0.4) is 0 Å². The van der Waals surface area contributed by atoms with Crippen LogP contribution in [0.1, 0.15) is 16.7 Å². The molecule has 0 amide bonds. The average Bonchev–Trinajstić information content (AvgIpc) is 2.62. The van der Waals surface area contributed by atoms with E-state index < -0.39 is 0 Å². The third-order valence-corrected chi connectivity index (χ3v) is 3.57. The summed E-state index contributed by atoms with van der Waals surface area (Å²) >= 11 is 0. The van der Waals surface area contributed by atoms with Crippen molar-refractivity contribution in [2.75, 3.05) is 10.6 Å². The molecule has 0 fully saturated rings. The predicted octanol–water partition coefficient (Wildman–Crippen LogP) is 3.41. The van der Waals surface area contributed by atoms with Crippen LogP contribution in [-0.2, 0) is 6.54 Å². The van der Waals surface area contributed by atoms with Gasteiger partial charge in [0.05, 0.1) is 17.4 Å². The summed E-state index contributed by atoms with van der Waals surface area (Å²) in [5.41, 5.74) is 3.59. The molecule has 6 heteroatoms. The number of aryl methyl sites for hydroxylation is 1. The van der Waals surface area contributed by atoms with Gasteiger partial charge in [-0.1, -0.05) is 36.4 Å². The van der Waals surface area contributed by atoms with Gasteiger partial charge in [-0.05, 0) is 30.2 Å². The van der Waals surface area contributed by atoms with Crippen LogP contribution >= 0.6 is 0 Å². The summed E-state index contributed by atoms with van der Waals surface area (Å²) in [5, 5.41) is 23.3. The number of hydrogen-bond acceptors (Lipinski definition) is 6. The van der Waals surface area contributed by atoms with E-state index in [1.807, 2.05) is 24.3 Å². The van der Waals surface area contributed by atoms with Crippen LogP contribution < -0.4 is 10.6 Å². The Balaban J connectivity index is 1.73. The topological polar surface area (TPSA) is 86.5 Å². The first kappa shape index (κ1) is 15.4. The smallest absolute Gasteiger partial charge is 0.249 e. The molecule has 0 radical (unpaired) electrons. The standard InChI is InChI=1S/C18H16N6/c1-13-6-2-3-8-15(13)11-20-17-12-21-24-18(23-17)22-16-9-5-4-7-14(16)10-19/h2-9,12H,11H2,1H3,(H2,20,22,23,24). The molecule has 0 aliphatic carbocycles. The summed E-state index contributed by atoms with van der Waals surface area (Å²) in [7, 11) is 0. The summed E-state index contributed by atoms with van der Waals surface area (Å²) in [6.45, 7) is 2.72. The summed E-state index contributed by atoms with van der Waals surface area (Å²) in [4.78, 5) is 4.38. The maximum Gasteiger partial charge on any atom is 0.249 e. The lowest BCUT2D eigenvalue weighted by atomic mass is 10.1. The second-order valence-corrected chi connectivity index (χ2v) is 5.23. The Hall–Kier alpha value is -3.46. The van der Waals surface area contributed by atoms with Crippen LogP contribution in [0.15, 0.2) is 54.7 Å². The molecule has 0 bridgehead atoms. The number of nitrogens with one attached hydrogen (secondary N) is 2. The largest absolute Gasteiger partial charge is 0.365 e. The highest BCUT2D eigenvalue weighted by atomic mass is 15.3. The minimum absolute atomic E-state index is 0.340. The van der Waals surface area contributed by atoms with E-state index in [4.69, 9.17) is 5.26 Å². The normalized spacial score (nSPS) is 10.0. The SMILES string of the molecule is Cc1ccccc1CNc1cnnc(Nc2ccccc2C#N)n1. The number of nitriles is 1. The monoisotopic (exact) mass is 316 g/mol. The molecular formula is C18H16N6. The molecule has 3 aromatic rings. The Kier molecular flexibility index (Phi) is 4.63. The maximum absolute atomic E-state index is 9.13. The molecule has 0 aliphatic heterocycles. The van der Waals surface area contributed by atoms with Gasteiger partial charge in [0.25, 0.3) is 0 Å². The van der Waals surface area contributed by atoms with Gasteiger partial charge in [-0.25, -0.2) is 0 Å². The van der Waals surface area contributed by atoms with Crippen LogP contribution in [0.4, 0.5) is 17.5 Å². The summed E-state index contributed by atoms with van der Waals surface area (Å²) in [6, 6.07) is 17.5. The van der Waals surface area contributed by atoms with Gasteiger partial charge in [0.15, 0.2) is 5.82 Å². The summed E-state index contributed by atoms with van der Waals surface area (Å²) in [6.07, 6.45) is 1.57. The van der Waals surface area contributed by atoms with Gasteiger partial charge < -0.3 is 10.6 Å². The van der Waals surface area contributed by atoms with E-state index in [0.29, 0.717) is 29.6 Å². The number of hydrogen-bond donors (Lipinski definition) is 2. The zero-order valence-electron chi connectivity index (χ0n) is 13.2. The van der Waals surface area contributed by atoms with Gasteiger partial charge in [0.1, 0.15) is 6.07 Å². The van der Waals surface area contributed by atoms with Crippen molar-refractivity contribution in [3.05, 3.63) is 71.4 Å². The molecule has 0 atom stereocenters. The molecule has 1 aromatic heterocycles. The van der Waals surface area contributed by atoms with E-state index in [0.717, 1.165) is 0 Å². The van der Waals surface area contributed by atoms with Crippen molar-refractivity contribution in [2.24, 2.45) is 0 Å². The van der Waals surface area contributed by atoms with Crippen molar-refractivity contribution >= 4 is 17.5 Å². The van der Waals surface area contributed by atoms with E-state index >= 15 is 0 Å². The number of aromatic nitrogens is 3. The molecule has 24 heavy (non-hydrogen) atoms. The van der Waals surface area contributed by atoms with Crippen LogP contribution in [0.2, 0.25) is 0 Å². The predicted molar refractivity (Wildman–Crippen MR) is 92.8 cm³/mol. The Labute approximate surface area is 140 Å². The third-order valence-electron chi connectivity index (χ3n) is 3.57. The molecule has 0 saturated heterocycles. The van der Waals surface area contributed by atoms with Crippen molar-refractivity contribution in [3.8, 4) is 6.07 Å². The van der Waals surface area contributed by atoms with E-state index in [1.54, 1.807) is 18.3 Å². The van der Waals surface area contributed by atoms with Crippen molar-refractivity contribution in [3.63, 3.8) is 0 Å². The van der Waals surface area contributed by atoms with E-state index in [2.05, 4.69) is 50.9 Å². The average molecular weight is 316 g/mol. The molecule has 118 valence electrons. The zero-order chi connectivity index (χ0) is 16.8. The molecular weight excluding hydrogens is 300 g/mol. The molecule has 0 saturated carbocycles. The van der Waals surface area contributed by atoms with Gasteiger partial charge in [-0.2, -0.15) is 15.3 Å². The lowest BCUT2D eigenvalue weighted by Crippen LogP contribution is -2.06. The van der Waals surface area contributed by atoms with Crippen LogP contribution in [0.25, 0.3) is 0 Å². The molecule has 2 N–H and O–H groups in total. The highest BCUT2D eigenvalue weighted by Gasteiger charge is 2.05. The first-order chi connectivity index (χ1) is 11.8. The van der Waals surface area contributed by atoms with E-state index in [1.165, 1.54) is 11.1 Å². The maximum atomic E-state index is 9.13. The third kappa shape index (κ3) is 3.65. The Bertz CT molecular complexity index is 884.